The molecular formula is C18H14F2N4O2. The Kier molecular flexibility index (Phi) is 4.16. The third-order valence-electron chi connectivity index (χ3n) is 4.32. The number of hydrogen-bond donors (Lipinski definition) is 0. The number of nitrogens with zero attached hydrogens (tertiary/aromatic N) is 4. The first-order valence-electron chi connectivity index (χ1n) is 8.06. The minimum atomic E-state index is -0.666. The van der Waals surface area contributed by atoms with E-state index < -0.39 is 11.6 Å². The van der Waals surface area contributed by atoms with Crippen LogP contribution in [0.5, 0.6) is 0 Å². The topological polar surface area (TPSA) is 72.1 Å². The molecule has 6 nitrogen and oxygen atoms in total. The van der Waals surface area contributed by atoms with E-state index in [0.29, 0.717) is 18.3 Å². The number of carbonyl (C=O) groups excluding carboxylic acids is 1. The largest absolute Gasteiger partial charge is 0.337 e. The van der Waals surface area contributed by atoms with Crippen molar-refractivity contribution in [2.75, 3.05) is 6.54 Å². The lowest BCUT2D eigenvalue weighted by Gasteiger charge is -2.16. The molecule has 1 amide bonds. The van der Waals surface area contributed by atoms with Crippen LogP contribution in [0.25, 0.3) is 11.5 Å². The maximum Gasteiger partial charge on any atom is 0.258 e. The number of benzene rings is 1. The number of pyridine rings is 1. The van der Waals surface area contributed by atoms with Gasteiger partial charge in [0.15, 0.2) is 5.82 Å². The van der Waals surface area contributed by atoms with Crippen molar-refractivity contribution < 1.29 is 18.1 Å². The summed E-state index contributed by atoms with van der Waals surface area (Å²) in [7, 11) is 0. The summed E-state index contributed by atoms with van der Waals surface area (Å²) in [5.41, 5.74) is 1.01. The molecule has 1 aliphatic heterocycles. The van der Waals surface area contributed by atoms with Gasteiger partial charge in [0.05, 0.1) is 0 Å². The molecular weight excluding hydrogens is 342 g/mol. The maximum absolute atomic E-state index is 13.8. The molecule has 2 aromatic heterocycles. The molecule has 1 atom stereocenters. The number of carbonyl (C=O) groups is 1. The maximum atomic E-state index is 13.8. The lowest BCUT2D eigenvalue weighted by molar-refractivity contribution is -0.128. The van der Waals surface area contributed by atoms with Crippen molar-refractivity contribution in [1.82, 2.24) is 20.0 Å². The van der Waals surface area contributed by atoms with Crippen LogP contribution < -0.4 is 0 Å². The van der Waals surface area contributed by atoms with Crippen LogP contribution in [0, 0.1) is 11.6 Å². The van der Waals surface area contributed by atoms with Gasteiger partial charge in [0.25, 0.3) is 5.89 Å². The van der Waals surface area contributed by atoms with Gasteiger partial charge >= 0.3 is 0 Å². The van der Waals surface area contributed by atoms with Gasteiger partial charge in [0.2, 0.25) is 5.91 Å². The lowest BCUT2D eigenvalue weighted by Crippen LogP contribution is -2.25. The number of halogens is 2. The molecule has 0 radical (unpaired) electrons. The summed E-state index contributed by atoms with van der Waals surface area (Å²) in [6.45, 7) is 0.432. The number of aromatic nitrogens is 3. The van der Waals surface area contributed by atoms with E-state index in [0.717, 1.165) is 11.6 Å². The van der Waals surface area contributed by atoms with Crippen molar-refractivity contribution in [3.8, 4) is 11.5 Å². The van der Waals surface area contributed by atoms with Crippen LogP contribution in [0.4, 0.5) is 8.78 Å². The van der Waals surface area contributed by atoms with Crippen molar-refractivity contribution in [2.45, 2.75) is 18.9 Å². The third kappa shape index (κ3) is 3.17. The molecule has 1 saturated heterocycles. The highest BCUT2D eigenvalue weighted by Gasteiger charge is 2.34. The van der Waals surface area contributed by atoms with E-state index in [4.69, 9.17) is 4.52 Å². The Labute approximate surface area is 147 Å². The summed E-state index contributed by atoms with van der Waals surface area (Å²) in [5.74, 6) is -0.877. The van der Waals surface area contributed by atoms with Gasteiger partial charge in [-0.05, 0) is 18.2 Å². The Morgan fingerprint density at radius 1 is 1.19 bits per heavy atom. The van der Waals surface area contributed by atoms with Crippen molar-refractivity contribution in [3.05, 3.63) is 65.7 Å². The molecule has 0 saturated carbocycles. The number of amides is 1. The van der Waals surface area contributed by atoms with E-state index in [1.807, 2.05) is 0 Å². The van der Waals surface area contributed by atoms with Crippen LogP contribution >= 0.6 is 0 Å². The first-order valence-corrected chi connectivity index (χ1v) is 8.06. The fourth-order valence-electron chi connectivity index (χ4n) is 2.97. The third-order valence-corrected chi connectivity index (χ3v) is 4.32. The highest BCUT2D eigenvalue weighted by Crippen LogP contribution is 2.29. The summed E-state index contributed by atoms with van der Waals surface area (Å²) in [6.07, 6.45) is 3.46. The molecule has 0 aliphatic carbocycles. The standard InChI is InChI=1S/C18H14F2N4O2/c19-14-2-1-12(15(20)8-14)9-24-10-13(7-16(24)25)17-22-18(26-23-17)11-3-5-21-6-4-11/h1-6,8,13H,7,9-10H2. The Balaban J connectivity index is 1.49. The molecule has 1 aromatic carbocycles. The quantitative estimate of drug-likeness (QED) is 0.719. The number of hydrogen-bond acceptors (Lipinski definition) is 5. The lowest BCUT2D eigenvalue weighted by atomic mass is 10.1. The van der Waals surface area contributed by atoms with Gasteiger partial charge < -0.3 is 9.42 Å². The van der Waals surface area contributed by atoms with Crippen LogP contribution in [0.1, 0.15) is 23.7 Å². The summed E-state index contributed by atoms with van der Waals surface area (Å²) in [4.78, 5) is 22.1. The molecule has 8 heteroatoms. The minimum absolute atomic E-state index is 0.0799. The molecule has 3 heterocycles. The van der Waals surface area contributed by atoms with Gasteiger partial charge in [0.1, 0.15) is 11.6 Å². The fraction of sp³-hybridized carbons (Fsp3) is 0.222. The molecule has 1 unspecified atom stereocenters. The highest BCUT2D eigenvalue weighted by molar-refractivity contribution is 5.79. The second kappa shape index (κ2) is 6.62. The smallest absolute Gasteiger partial charge is 0.258 e. The van der Waals surface area contributed by atoms with Gasteiger partial charge in [-0.3, -0.25) is 9.78 Å². The van der Waals surface area contributed by atoms with E-state index in [2.05, 4.69) is 15.1 Å². The van der Waals surface area contributed by atoms with Crippen molar-refractivity contribution in [3.63, 3.8) is 0 Å². The van der Waals surface area contributed by atoms with E-state index in [1.165, 1.54) is 17.0 Å². The molecule has 26 heavy (non-hydrogen) atoms. The summed E-state index contributed by atoms with van der Waals surface area (Å²) in [6, 6.07) is 6.84. The summed E-state index contributed by atoms with van der Waals surface area (Å²) >= 11 is 0. The molecule has 132 valence electrons. The van der Waals surface area contributed by atoms with Crippen molar-refractivity contribution in [2.24, 2.45) is 0 Å². The number of rotatable bonds is 4. The monoisotopic (exact) mass is 356 g/mol. The molecule has 1 aliphatic rings. The molecule has 0 bridgehead atoms. The highest BCUT2D eigenvalue weighted by atomic mass is 19.1. The van der Waals surface area contributed by atoms with Gasteiger partial charge in [-0.2, -0.15) is 4.98 Å². The van der Waals surface area contributed by atoms with Crippen LogP contribution in [0.15, 0.2) is 47.2 Å². The first-order chi connectivity index (χ1) is 12.6. The van der Waals surface area contributed by atoms with Crippen molar-refractivity contribution in [1.29, 1.82) is 0 Å². The van der Waals surface area contributed by atoms with Crippen LogP contribution in [-0.2, 0) is 11.3 Å². The average Bonchev–Trinajstić information content (AvgIpc) is 3.25. The second-order valence-corrected chi connectivity index (χ2v) is 6.10. The normalized spacial score (nSPS) is 17.1. The summed E-state index contributed by atoms with van der Waals surface area (Å²) in [5, 5.41) is 3.97. The summed E-state index contributed by atoms with van der Waals surface area (Å²) < 4.78 is 32.1. The fourth-order valence-corrected chi connectivity index (χ4v) is 2.97. The van der Waals surface area contributed by atoms with E-state index in [1.54, 1.807) is 24.5 Å². The van der Waals surface area contributed by atoms with Crippen LogP contribution in [0.2, 0.25) is 0 Å². The Morgan fingerprint density at radius 2 is 2.00 bits per heavy atom. The molecule has 0 spiro atoms. The van der Waals surface area contributed by atoms with E-state index >= 15 is 0 Å². The van der Waals surface area contributed by atoms with Gasteiger partial charge in [-0.25, -0.2) is 8.78 Å². The zero-order valence-corrected chi connectivity index (χ0v) is 13.6. The van der Waals surface area contributed by atoms with Gasteiger partial charge in [-0.15, -0.1) is 0 Å². The zero-order chi connectivity index (χ0) is 18.1. The zero-order valence-electron chi connectivity index (χ0n) is 13.6. The van der Waals surface area contributed by atoms with E-state index in [-0.39, 0.29) is 30.4 Å². The second-order valence-electron chi connectivity index (χ2n) is 6.10. The molecule has 0 N–H and O–H groups in total. The molecule has 1 fully saturated rings. The minimum Gasteiger partial charge on any atom is -0.337 e. The number of likely N-dealkylation sites (tertiary alicyclic amines) is 1. The van der Waals surface area contributed by atoms with Crippen LogP contribution in [-0.4, -0.2) is 32.5 Å². The van der Waals surface area contributed by atoms with Crippen molar-refractivity contribution >= 4 is 5.91 Å². The van der Waals surface area contributed by atoms with Crippen LogP contribution in [0.3, 0.4) is 0 Å². The van der Waals surface area contributed by atoms with Gasteiger partial charge in [-0.1, -0.05) is 11.2 Å². The Bertz CT molecular complexity index is 945. The first kappa shape index (κ1) is 16.3. The average molecular weight is 356 g/mol. The van der Waals surface area contributed by atoms with Gasteiger partial charge in [0, 0.05) is 55.0 Å². The SMILES string of the molecule is O=C1CC(c2noc(-c3ccncc3)n2)CN1Cc1ccc(F)cc1F. The van der Waals surface area contributed by atoms with E-state index in [9.17, 15) is 13.6 Å². The Hall–Kier alpha value is -3.16. The molecule has 4 rings (SSSR count). The predicted molar refractivity (Wildman–Crippen MR) is 86.7 cm³/mol. The predicted octanol–water partition coefficient (Wildman–Crippen LogP) is 2.93. The molecule has 3 aromatic rings. The Morgan fingerprint density at radius 3 is 2.77 bits per heavy atom.